The largest absolute Gasteiger partial charge is 0.409 e. The lowest BCUT2D eigenvalue weighted by atomic mass is 10.2. The van der Waals surface area contributed by atoms with Crippen LogP contribution < -0.4 is 11.4 Å². The number of nitrogens with zero attached hydrogens (tertiary/aromatic N) is 4. The number of hydrogen-bond donors (Lipinski definition) is 3. The minimum Gasteiger partial charge on any atom is -0.409 e. The van der Waals surface area contributed by atoms with Gasteiger partial charge in [0, 0.05) is 28.9 Å². The average molecular weight is 292 g/mol. The minimum absolute atomic E-state index is 0.00856. The molecule has 1 fully saturated rings. The standard InChI is InChI=1S/C11H12N6O2S/c12-9(16-19)7-3-4-13-5-8(7)20-11-15-14-10(18)17(11)6-1-2-6/h3-6,19H,1-2H2,(H2,12,16)(H,14,18). The molecule has 0 bridgehead atoms. The molecule has 0 unspecified atom stereocenters. The number of aromatic amines is 1. The van der Waals surface area contributed by atoms with Crippen LogP contribution in [0.1, 0.15) is 24.4 Å². The van der Waals surface area contributed by atoms with Gasteiger partial charge in [-0.2, -0.15) is 0 Å². The van der Waals surface area contributed by atoms with Crippen LogP contribution in [-0.4, -0.2) is 30.8 Å². The molecule has 4 N–H and O–H groups in total. The third-order valence-corrected chi connectivity index (χ3v) is 3.97. The van der Waals surface area contributed by atoms with Crippen LogP contribution in [0.2, 0.25) is 0 Å². The first-order valence-corrected chi connectivity index (χ1v) is 6.79. The molecule has 2 heterocycles. The highest BCUT2D eigenvalue weighted by Gasteiger charge is 2.29. The summed E-state index contributed by atoms with van der Waals surface area (Å²) in [5.74, 6) is -0.00856. The van der Waals surface area contributed by atoms with E-state index in [0.717, 1.165) is 12.8 Å². The summed E-state index contributed by atoms with van der Waals surface area (Å²) in [7, 11) is 0. The van der Waals surface area contributed by atoms with Gasteiger partial charge >= 0.3 is 5.69 Å². The second-order valence-electron chi connectivity index (χ2n) is 4.37. The van der Waals surface area contributed by atoms with Crippen LogP contribution in [0.5, 0.6) is 0 Å². The van der Waals surface area contributed by atoms with Crippen LogP contribution >= 0.6 is 11.8 Å². The summed E-state index contributed by atoms with van der Waals surface area (Å²) in [5, 5.41) is 18.8. The second-order valence-corrected chi connectivity index (χ2v) is 5.38. The summed E-state index contributed by atoms with van der Waals surface area (Å²) < 4.78 is 1.63. The molecule has 1 aliphatic carbocycles. The first kappa shape index (κ1) is 12.7. The number of rotatable bonds is 4. The Morgan fingerprint density at radius 3 is 3.10 bits per heavy atom. The van der Waals surface area contributed by atoms with E-state index in [9.17, 15) is 4.79 Å². The molecular weight excluding hydrogens is 280 g/mol. The number of nitrogens with two attached hydrogens (primary N) is 1. The van der Waals surface area contributed by atoms with Crippen molar-refractivity contribution in [2.24, 2.45) is 10.9 Å². The molecule has 0 atom stereocenters. The summed E-state index contributed by atoms with van der Waals surface area (Å²) in [6.45, 7) is 0. The molecule has 0 saturated heterocycles. The highest BCUT2D eigenvalue weighted by molar-refractivity contribution is 7.99. The lowest BCUT2D eigenvalue weighted by Crippen LogP contribution is -2.16. The Labute approximate surface area is 117 Å². The highest BCUT2D eigenvalue weighted by atomic mass is 32.2. The number of hydrogen-bond acceptors (Lipinski definition) is 6. The first-order chi connectivity index (χ1) is 9.70. The Kier molecular flexibility index (Phi) is 3.18. The minimum atomic E-state index is -0.218. The van der Waals surface area contributed by atoms with Gasteiger partial charge in [0.1, 0.15) is 0 Å². The number of H-pyrrole nitrogens is 1. The number of pyridine rings is 1. The number of oxime groups is 1. The number of aromatic nitrogens is 4. The first-order valence-electron chi connectivity index (χ1n) is 5.97. The maximum atomic E-state index is 11.7. The molecule has 2 aromatic heterocycles. The van der Waals surface area contributed by atoms with Gasteiger partial charge in [0.25, 0.3) is 0 Å². The maximum Gasteiger partial charge on any atom is 0.344 e. The van der Waals surface area contributed by atoms with Crippen molar-refractivity contribution in [2.45, 2.75) is 28.9 Å². The Morgan fingerprint density at radius 1 is 1.60 bits per heavy atom. The lowest BCUT2D eigenvalue weighted by molar-refractivity contribution is 0.318. The zero-order valence-corrected chi connectivity index (χ0v) is 11.2. The molecule has 0 aliphatic heterocycles. The van der Waals surface area contributed by atoms with Crippen molar-refractivity contribution in [3.63, 3.8) is 0 Å². The molecule has 8 nitrogen and oxygen atoms in total. The van der Waals surface area contributed by atoms with Crippen molar-refractivity contribution >= 4 is 17.6 Å². The van der Waals surface area contributed by atoms with Gasteiger partial charge in [-0.3, -0.25) is 9.55 Å². The van der Waals surface area contributed by atoms with Crippen molar-refractivity contribution in [3.8, 4) is 0 Å². The van der Waals surface area contributed by atoms with Crippen LogP contribution in [0.15, 0.2) is 38.5 Å². The summed E-state index contributed by atoms with van der Waals surface area (Å²) in [6.07, 6.45) is 5.10. The van der Waals surface area contributed by atoms with Gasteiger partial charge in [0.05, 0.1) is 0 Å². The van der Waals surface area contributed by atoms with E-state index in [2.05, 4.69) is 20.3 Å². The highest BCUT2D eigenvalue weighted by Crippen LogP contribution is 2.38. The van der Waals surface area contributed by atoms with Gasteiger partial charge < -0.3 is 10.9 Å². The van der Waals surface area contributed by atoms with E-state index in [1.807, 2.05) is 0 Å². The van der Waals surface area contributed by atoms with Crippen molar-refractivity contribution in [1.29, 1.82) is 0 Å². The number of nitrogens with one attached hydrogen (secondary N) is 1. The second kappa shape index (κ2) is 5.00. The predicted octanol–water partition coefficient (Wildman–Crippen LogP) is 0.547. The van der Waals surface area contributed by atoms with E-state index in [1.54, 1.807) is 23.0 Å². The smallest absolute Gasteiger partial charge is 0.344 e. The maximum absolute atomic E-state index is 11.7. The van der Waals surface area contributed by atoms with Gasteiger partial charge in [-0.25, -0.2) is 9.89 Å². The molecule has 20 heavy (non-hydrogen) atoms. The molecule has 104 valence electrons. The third-order valence-electron chi connectivity index (χ3n) is 2.95. The van der Waals surface area contributed by atoms with Gasteiger partial charge in [0.15, 0.2) is 11.0 Å². The summed E-state index contributed by atoms with van der Waals surface area (Å²) in [4.78, 5) is 16.4. The van der Waals surface area contributed by atoms with Crippen LogP contribution in [0.25, 0.3) is 0 Å². The van der Waals surface area contributed by atoms with Crippen LogP contribution in [-0.2, 0) is 0 Å². The SMILES string of the molecule is N/C(=N/O)c1ccncc1Sc1n[nH]c(=O)n1C1CC1. The molecule has 0 radical (unpaired) electrons. The Bertz CT molecular complexity index is 718. The molecule has 2 aromatic rings. The average Bonchev–Trinajstić information content (AvgIpc) is 3.23. The van der Waals surface area contributed by atoms with Crippen molar-refractivity contribution in [2.75, 3.05) is 0 Å². The Balaban J connectivity index is 1.98. The van der Waals surface area contributed by atoms with Gasteiger partial charge in [0.2, 0.25) is 0 Å². The fourth-order valence-corrected chi connectivity index (χ4v) is 2.86. The van der Waals surface area contributed by atoms with E-state index in [-0.39, 0.29) is 17.6 Å². The molecule has 1 aliphatic rings. The van der Waals surface area contributed by atoms with E-state index >= 15 is 0 Å². The van der Waals surface area contributed by atoms with Gasteiger partial charge in [-0.15, -0.1) is 5.10 Å². The van der Waals surface area contributed by atoms with Crippen LogP contribution in [0.3, 0.4) is 0 Å². The summed E-state index contributed by atoms with van der Waals surface area (Å²) in [6, 6.07) is 1.86. The van der Waals surface area contributed by atoms with Crippen molar-refractivity contribution < 1.29 is 5.21 Å². The fourth-order valence-electron chi connectivity index (χ4n) is 1.84. The third kappa shape index (κ3) is 2.27. The van der Waals surface area contributed by atoms with Crippen LogP contribution in [0, 0.1) is 0 Å². The van der Waals surface area contributed by atoms with Crippen LogP contribution in [0.4, 0.5) is 0 Å². The molecule has 0 amide bonds. The summed E-state index contributed by atoms with van der Waals surface area (Å²) >= 11 is 1.26. The van der Waals surface area contributed by atoms with E-state index in [0.29, 0.717) is 15.6 Å². The zero-order chi connectivity index (χ0) is 14.1. The quantitative estimate of drug-likeness (QED) is 0.327. The lowest BCUT2D eigenvalue weighted by Gasteiger charge is -2.07. The molecule has 1 saturated carbocycles. The van der Waals surface area contributed by atoms with E-state index in [4.69, 9.17) is 10.9 Å². The van der Waals surface area contributed by atoms with Crippen molar-refractivity contribution in [3.05, 3.63) is 34.5 Å². The molecular formula is C11H12N6O2S. The summed E-state index contributed by atoms with van der Waals surface area (Å²) in [5.41, 5.74) is 5.95. The monoisotopic (exact) mass is 292 g/mol. The number of amidine groups is 1. The van der Waals surface area contributed by atoms with E-state index in [1.165, 1.54) is 11.8 Å². The Hall–Kier alpha value is -2.29. The Morgan fingerprint density at radius 2 is 2.40 bits per heavy atom. The normalized spacial score (nSPS) is 15.5. The van der Waals surface area contributed by atoms with Gasteiger partial charge in [-0.05, 0) is 30.7 Å². The molecule has 0 spiro atoms. The van der Waals surface area contributed by atoms with Gasteiger partial charge in [-0.1, -0.05) is 5.16 Å². The molecule has 0 aromatic carbocycles. The van der Waals surface area contributed by atoms with E-state index < -0.39 is 0 Å². The molecule has 9 heteroatoms. The topological polar surface area (TPSA) is 122 Å². The zero-order valence-electron chi connectivity index (χ0n) is 10.4. The predicted molar refractivity (Wildman–Crippen MR) is 72.0 cm³/mol. The fraction of sp³-hybridized carbons (Fsp3) is 0.273. The molecule has 3 rings (SSSR count). The van der Waals surface area contributed by atoms with Crippen molar-refractivity contribution in [1.82, 2.24) is 19.7 Å².